The maximum atomic E-state index is 5.19. The predicted molar refractivity (Wildman–Crippen MR) is 52.6 cm³/mol. The second kappa shape index (κ2) is 3.44. The molecule has 0 bridgehead atoms. The van der Waals surface area contributed by atoms with Crippen LogP contribution in [0.5, 0.6) is 5.75 Å². The third kappa shape index (κ3) is 1.50. The van der Waals surface area contributed by atoms with Gasteiger partial charge in [0.15, 0.2) is 0 Å². The molecule has 64 valence electrons. The molecule has 0 aliphatic heterocycles. The quantitative estimate of drug-likeness (QED) is 0.649. The second-order valence-electron chi connectivity index (χ2n) is 2.88. The summed E-state index contributed by atoms with van der Waals surface area (Å²) in [6.45, 7) is 7.85. The fourth-order valence-electron chi connectivity index (χ4n) is 1.29. The first-order chi connectivity index (χ1) is 5.69. The standard InChI is InChI=1S/C11H14O/c1-5-10-7-11(12-4)9(3)6-8(10)2/h5-7H,1H2,2-4H3. The highest BCUT2D eigenvalue weighted by atomic mass is 16.5. The molecule has 0 aromatic heterocycles. The zero-order valence-corrected chi connectivity index (χ0v) is 7.85. The van der Waals surface area contributed by atoms with Gasteiger partial charge in [0.25, 0.3) is 0 Å². The van der Waals surface area contributed by atoms with E-state index >= 15 is 0 Å². The van der Waals surface area contributed by atoms with Gasteiger partial charge in [-0.2, -0.15) is 0 Å². The highest BCUT2D eigenvalue weighted by molar-refractivity contribution is 5.56. The van der Waals surface area contributed by atoms with Gasteiger partial charge in [-0.3, -0.25) is 0 Å². The van der Waals surface area contributed by atoms with Crippen LogP contribution in [-0.4, -0.2) is 7.11 Å². The minimum atomic E-state index is 0.926. The van der Waals surface area contributed by atoms with E-state index < -0.39 is 0 Å². The maximum Gasteiger partial charge on any atom is 0.122 e. The first kappa shape index (κ1) is 8.85. The van der Waals surface area contributed by atoms with Gasteiger partial charge in [-0.05, 0) is 36.6 Å². The fourth-order valence-corrected chi connectivity index (χ4v) is 1.29. The van der Waals surface area contributed by atoms with Gasteiger partial charge >= 0.3 is 0 Å². The van der Waals surface area contributed by atoms with Crippen molar-refractivity contribution in [3.05, 3.63) is 35.4 Å². The third-order valence-corrected chi connectivity index (χ3v) is 2.00. The molecule has 0 radical (unpaired) electrons. The highest BCUT2D eigenvalue weighted by Crippen LogP contribution is 2.22. The van der Waals surface area contributed by atoms with Gasteiger partial charge in [-0.1, -0.05) is 18.7 Å². The molecule has 1 rings (SSSR count). The van der Waals surface area contributed by atoms with Crippen molar-refractivity contribution in [1.82, 2.24) is 0 Å². The molecule has 0 atom stereocenters. The van der Waals surface area contributed by atoms with Crippen molar-refractivity contribution >= 4 is 6.08 Å². The van der Waals surface area contributed by atoms with Gasteiger partial charge in [0.1, 0.15) is 5.75 Å². The summed E-state index contributed by atoms with van der Waals surface area (Å²) in [6.07, 6.45) is 1.84. The average molecular weight is 162 g/mol. The van der Waals surface area contributed by atoms with Gasteiger partial charge in [-0.25, -0.2) is 0 Å². The molecule has 0 spiro atoms. The van der Waals surface area contributed by atoms with Gasteiger partial charge in [0.2, 0.25) is 0 Å². The normalized spacial score (nSPS) is 9.58. The number of hydrogen-bond donors (Lipinski definition) is 0. The summed E-state index contributed by atoms with van der Waals surface area (Å²) in [6, 6.07) is 4.12. The van der Waals surface area contributed by atoms with E-state index in [1.54, 1.807) is 7.11 Å². The molecule has 1 aromatic carbocycles. The Morgan fingerprint density at radius 2 is 1.92 bits per heavy atom. The van der Waals surface area contributed by atoms with Crippen LogP contribution in [0.1, 0.15) is 16.7 Å². The molecule has 0 amide bonds. The number of rotatable bonds is 2. The van der Waals surface area contributed by atoms with Gasteiger partial charge in [-0.15, -0.1) is 0 Å². The first-order valence-corrected chi connectivity index (χ1v) is 3.96. The number of aryl methyl sites for hydroxylation is 2. The topological polar surface area (TPSA) is 9.23 Å². The summed E-state index contributed by atoms with van der Waals surface area (Å²) >= 11 is 0. The third-order valence-electron chi connectivity index (χ3n) is 2.00. The van der Waals surface area contributed by atoms with E-state index in [4.69, 9.17) is 4.74 Å². The summed E-state index contributed by atoms with van der Waals surface area (Å²) in [5.74, 6) is 0.926. The molecule has 12 heavy (non-hydrogen) atoms. The van der Waals surface area contributed by atoms with E-state index in [9.17, 15) is 0 Å². The van der Waals surface area contributed by atoms with Crippen molar-refractivity contribution in [3.8, 4) is 5.75 Å². The van der Waals surface area contributed by atoms with Crippen LogP contribution in [0.4, 0.5) is 0 Å². The van der Waals surface area contributed by atoms with E-state index in [0.29, 0.717) is 0 Å². The van der Waals surface area contributed by atoms with E-state index in [2.05, 4.69) is 19.6 Å². The number of benzene rings is 1. The Labute approximate surface area is 73.7 Å². The smallest absolute Gasteiger partial charge is 0.122 e. The van der Waals surface area contributed by atoms with Crippen LogP contribution in [-0.2, 0) is 0 Å². The highest BCUT2D eigenvalue weighted by Gasteiger charge is 2.01. The fraction of sp³-hybridized carbons (Fsp3) is 0.273. The van der Waals surface area contributed by atoms with Crippen molar-refractivity contribution in [1.29, 1.82) is 0 Å². The zero-order valence-electron chi connectivity index (χ0n) is 7.85. The van der Waals surface area contributed by atoms with Crippen LogP contribution >= 0.6 is 0 Å². The lowest BCUT2D eigenvalue weighted by atomic mass is 10.0. The van der Waals surface area contributed by atoms with Gasteiger partial charge in [0.05, 0.1) is 7.11 Å². The molecule has 0 heterocycles. The molecule has 1 nitrogen and oxygen atoms in total. The molecule has 0 aliphatic carbocycles. The Hall–Kier alpha value is -1.24. The molecule has 0 N–H and O–H groups in total. The molecule has 1 heteroatoms. The Bertz CT molecular complexity index is 300. The van der Waals surface area contributed by atoms with E-state index in [1.165, 1.54) is 11.1 Å². The SMILES string of the molecule is C=Cc1cc(OC)c(C)cc1C. The van der Waals surface area contributed by atoms with Crippen LogP contribution < -0.4 is 4.74 Å². The van der Waals surface area contributed by atoms with Crippen LogP contribution in [0.2, 0.25) is 0 Å². The van der Waals surface area contributed by atoms with Crippen molar-refractivity contribution in [2.45, 2.75) is 13.8 Å². The summed E-state index contributed by atoms with van der Waals surface area (Å²) < 4.78 is 5.19. The Balaban J connectivity index is 3.26. The van der Waals surface area contributed by atoms with E-state index in [1.807, 2.05) is 19.1 Å². The van der Waals surface area contributed by atoms with Crippen LogP contribution in [0.15, 0.2) is 18.7 Å². The lowest BCUT2D eigenvalue weighted by molar-refractivity contribution is 0.411. The molecular weight excluding hydrogens is 148 g/mol. The summed E-state index contributed by atoms with van der Waals surface area (Å²) in [4.78, 5) is 0. The number of methoxy groups -OCH3 is 1. The molecule has 0 saturated carbocycles. The first-order valence-electron chi connectivity index (χ1n) is 3.96. The number of hydrogen-bond acceptors (Lipinski definition) is 1. The van der Waals surface area contributed by atoms with Crippen molar-refractivity contribution < 1.29 is 4.74 Å². The van der Waals surface area contributed by atoms with E-state index in [-0.39, 0.29) is 0 Å². The Morgan fingerprint density at radius 3 is 2.42 bits per heavy atom. The minimum absolute atomic E-state index is 0.926. The van der Waals surface area contributed by atoms with Crippen molar-refractivity contribution in [2.75, 3.05) is 7.11 Å². The lowest BCUT2D eigenvalue weighted by Gasteiger charge is -2.07. The monoisotopic (exact) mass is 162 g/mol. The van der Waals surface area contributed by atoms with Crippen LogP contribution in [0.3, 0.4) is 0 Å². The Morgan fingerprint density at radius 1 is 1.25 bits per heavy atom. The summed E-state index contributed by atoms with van der Waals surface area (Å²) in [5, 5.41) is 0. The summed E-state index contributed by atoms with van der Waals surface area (Å²) in [5.41, 5.74) is 3.54. The number of ether oxygens (including phenoxy) is 1. The molecule has 0 aliphatic rings. The second-order valence-corrected chi connectivity index (χ2v) is 2.88. The molecule has 0 saturated heterocycles. The predicted octanol–water partition coefficient (Wildman–Crippen LogP) is 2.96. The zero-order chi connectivity index (χ0) is 9.14. The van der Waals surface area contributed by atoms with E-state index in [0.717, 1.165) is 11.3 Å². The minimum Gasteiger partial charge on any atom is -0.496 e. The summed E-state index contributed by atoms with van der Waals surface area (Å²) in [7, 11) is 1.69. The van der Waals surface area contributed by atoms with Crippen molar-refractivity contribution in [3.63, 3.8) is 0 Å². The molecule has 0 fully saturated rings. The van der Waals surface area contributed by atoms with Crippen molar-refractivity contribution in [2.24, 2.45) is 0 Å². The Kier molecular flexibility index (Phi) is 2.54. The molecule has 1 aromatic rings. The van der Waals surface area contributed by atoms with Gasteiger partial charge < -0.3 is 4.74 Å². The molecular formula is C11H14O. The molecule has 0 unspecified atom stereocenters. The lowest BCUT2D eigenvalue weighted by Crippen LogP contribution is -1.90. The maximum absolute atomic E-state index is 5.19. The average Bonchev–Trinajstić information content (AvgIpc) is 2.05. The van der Waals surface area contributed by atoms with Crippen LogP contribution in [0, 0.1) is 13.8 Å². The largest absolute Gasteiger partial charge is 0.496 e. The van der Waals surface area contributed by atoms with Gasteiger partial charge in [0, 0.05) is 0 Å². The van der Waals surface area contributed by atoms with Crippen LogP contribution in [0.25, 0.3) is 6.08 Å².